The molecule has 0 bridgehead atoms. The smallest absolute Gasteiger partial charge is 0.207 e. The summed E-state index contributed by atoms with van der Waals surface area (Å²) >= 11 is 11.5. The summed E-state index contributed by atoms with van der Waals surface area (Å²) in [6.07, 6.45) is 0. The van der Waals surface area contributed by atoms with Crippen LogP contribution in [-0.4, -0.2) is 19.8 Å². The highest BCUT2D eigenvalue weighted by Gasteiger charge is 2.24. The monoisotopic (exact) mass is 501 g/mol. The third kappa shape index (κ3) is 3.72. The van der Waals surface area contributed by atoms with Crippen LogP contribution in [-0.2, 0) is 16.6 Å². The van der Waals surface area contributed by atoms with Crippen molar-refractivity contribution in [2.45, 2.75) is 11.4 Å². The molecule has 2 aromatic rings. The quantitative estimate of drug-likeness (QED) is 0.597. The minimum Gasteiger partial charge on any atom is -0.207 e. The van der Waals surface area contributed by atoms with Crippen LogP contribution in [0, 0.1) is 0 Å². The summed E-state index contributed by atoms with van der Waals surface area (Å²) in [5.74, 6) is 0. The van der Waals surface area contributed by atoms with Crippen molar-refractivity contribution in [1.29, 1.82) is 0 Å². The predicted molar refractivity (Wildman–Crippen MR) is 92.5 cm³/mol. The number of thiophene rings is 1. The molecule has 0 saturated heterocycles. The van der Waals surface area contributed by atoms with E-state index in [0.717, 1.165) is 13.8 Å². The van der Waals surface area contributed by atoms with Gasteiger partial charge in [0.1, 0.15) is 0 Å². The molecule has 3 nitrogen and oxygen atoms in total. The maximum atomic E-state index is 12.6. The van der Waals surface area contributed by atoms with Crippen molar-refractivity contribution in [1.82, 2.24) is 4.31 Å². The van der Waals surface area contributed by atoms with Gasteiger partial charge in [-0.05, 0) is 56.1 Å². The van der Waals surface area contributed by atoms with Crippen LogP contribution < -0.4 is 0 Å². The molecule has 20 heavy (non-hydrogen) atoms. The van der Waals surface area contributed by atoms with Gasteiger partial charge < -0.3 is 0 Å². The fourth-order valence-electron chi connectivity index (χ4n) is 1.58. The van der Waals surface area contributed by atoms with E-state index in [0.29, 0.717) is 11.0 Å². The van der Waals surface area contributed by atoms with Gasteiger partial charge in [-0.1, -0.05) is 15.9 Å². The zero-order valence-electron chi connectivity index (χ0n) is 10.3. The van der Waals surface area contributed by atoms with E-state index in [-0.39, 0.29) is 4.90 Å². The molecule has 1 aromatic heterocycles. The Kier molecular flexibility index (Phi) is 5.47. The van der Waals surface area contributed by atoms with Gasteiger partial charge in [0.25, 0.3) is 0 Å². The van der Waals surface area contributed by atoms with E-state index in [1.165, 1.54) is 15.6 Å². The molecule has 0 amide bonds. The first-order chi connectivity index (χ1) is 9.30. The van der Waals surface area contributed by atoms with Crippen LogP contribution in [0.4, 0.5) is 0 Å². The maximum Gasteiger partial charge on any atom is 0.244 e. The minimum atomic E-state index is -3.53. The Morgan fingerprint density at radius 1 is 1.15 bits per heavy atom. The van der Waals surface area contributed by atoms with Crippen molar-refractivity contribution in [3.8, 4) is 0 Å². The van der Waals surface area contributed by atoms with E-state index in [9.17, 15) is 8.42 Å². The second-order valence-electron chi connectivity index (χ2n) is 4.07. The van der Waals surface area contributed by atoms with Crippen molar-refractivity contribution in [2.75, 3.05) is 7.05 Å². The Morgan fingerprint density at radius 3 is 2.45 bits per heavy atom. The Labute approximate surface area is 147 Å². The van der Waals surface area contributed by atoms with Crippen LogP contribution in [0.2, 0.25) is 0 Å². The summed E-state index contributed by atoms with van der Waals surface area (Å²) < 4.78 is 28.8. The van der Waals surface area contributed by atoms with E-state index >= 15 is 0 Å². The zero-order chi connectivity index (χ0) is 14.9. The van der Waals surface area contributed by atoms with E-state index in [2.05, 4.69) is 47.8 Å². The standard InChI is InChI=1S/C12H10Br3NO2S2/c1-16(6-10-4-9(14)7-19-10)20(17,18)12-5-8(13)2-3-11(12)15/h2-5,7H,6H2,1H3. The van der Waals surface area contributed by atoms with Crippen LogP contribution >= 0.6 is 59.1 Å². The molecule has 0 N–H and O–H groups in total. The Balaban J connectivity index is 2.32. The molecule has 0 unspecified atom stereocenters. The lowest BCUT2D eigenvalue weighted by Crippen LogP contribution is -2.26. The summed E-state index contributed by atoms with van der Waals surface area (Å²) in [5, 5.41) is 1.94. The van der Waals surface area contributed by atoms with Crippen LogP contribution in [0.1, 0.15) is 4.88 Å². The van der Waals surface area contributed by atoms with Gasteiger partial charge in [0.2, 0.25) is 10.0 Å². The molecular formula is C12H10Br3NO2S2. The normalized spacial score (nSPS) is 12.1. The molecule has 0 aliphatic rings. The lowest BCUT2D eigenvalue weighted by Gasteiger charge is -2.17. The predicted octanol–water partition coefficient (Wildman–Crippen LogP) is 4.86. The fraction of sp³-hybridized carbons (Fsp3) is 0.167. The third-order valence-electron chi connectivity index (χ3n) is 2.58. The van der Waals surface area contributed by atoms with E-state index in [4.69, 9.17) is 0 Å². The second-order valence-corrected chi connectivity index (χ2v) is 9.76. The van der Waals surface area contributed by atoms with Gasteiger partial charge in [0, 0.05) is 37.3 Å². The molecule has 0 fully saturated rings. The average Bonchev–Trinajstić information content (AvgIpc) is 2.77. The SMILES string of the molecule is CN(Cc1cc(Br)cs1)S(=O)(=O)c1cc(Br)ccc1Br. The van der Waals surface area contributed by atoms with Crippen molar-refractivity contribution in [2.24, 2.45) is 0 Å². The first-order valence-electron chi connectivity index (χ1n) is 5.45. The maximum absolute atomic E-state index is 12.6. The number of hydrogen-bond acceptors (Lipinski definition) is 3. The summed E-state index contributed by atoms with van der Waals surface area (Å²) in [6.45, 7) is 0.345. The van der Waals surface area contributed by atoms with Gasteiger partial charge in [-0.2, -0.15) is 4.31 Å². The highest BCUT2D eigenvalue weighted by molar-refractivity contribution is 9.11. The number of sulfonamides is 1. The van der Waals surface area contributed by atoms with Gasteiger partial charge in [-0.25, -0.2) is 8.42 Å². The molecule has 1 heterocycles. The molecule has 0 spiro atoms. The lowest BCUT2D eigenvalue weighted by atomic mass is 10.4. The number of hydrogen-bond donors (Lipinski definition) is 0. The number of benzene rings is 1. The van der Waals surface area contributed by atoms with Crippen LogP contribution in [0.5, 0.6) is 0 Å². The van der Waals surface area contributed by atoms with Crippen molar-refractivity contribution in [3.63, 3.8) is 0 Å². The number of halogens is 3. The van der Waals surface area contributed by atoms with Crippen molar-refractivity contribution in [3.05, 3.63) is 47.9 Å². The molecule has 0 aliphatic heterocycles. The first-order valence-corrected chi connectivity index (χ1v) is 10.1. The van der Waals surface area contributed by atoms with Gasteiger partial charge in [-0.3, -0.25) is 0 Å². The van der Waals surface area contributed by atoms with Gasteiger partial charge in [-0.15, -0.1) is 11.3 Å². The van der Waals surface area contributed by atoms with Crippen LogP contribution in [0.15, 0.2) is 48.0 Å². The highest BCUT2D eigenvalue weighted by Crippen LogP contribution is 2.29. The second kappa shape index (κ2) is 6.58. The zero-order valence-corrected chi connectivity index (χ0v) is 16.7. The molecular weight excluding hydrogens is 494 g/mol. The lowest BCUT2D eigenvalue weighted by molar-refractivity contribution is 0.469. The first kappa shape index (κ1) is 16.6. The molecule has 0 saturated carbocycles. The van der Waals surface area contributed by atoms with Crippen LogP contribution in [0.25, 0.3) is 0 Å². The van der Waals surface area contributed by atoms with Crippen molar-refractivity contribution >= 4 is 69.1 Å². The molecule has 108 valence electrons. The average molecular weight is 504 g/mol. The largest absolute Gasteiger partial charge is 0.244 e. The summed E-state index contributed by atoms with van der Waals surface area (Å²) in [4.78, 5) is 1.24. The Hall–Kier alpha value is 0.270. The number of nitrogens with zero attached hydrogens (tertiary/aromatic N) is 1. The summed E-state index contributed by atoms with van der Waals surface area (Å²) in [5.41, 5.74) is 0. The Morgan fingerprint density at radius 2 is 1.85 bits per heavy atom. The number of rotatable bonds is 4. The van der Waals surface area contributed by atoms with Gasteiger partial charge >= 0.3 is 0 Å². The molecule has 0 radical (unpaired) electrons. The Bertz CT molecular complexity index is 728. The minimum absolute atomic E-state index is 0.255. The summed E-state index contributed by atoms with van der Waals surface area (Å²) in [6, 6.07) is 7.03. The molecule has 8 heteroatoms. The molecule has 0 aliphatic carbocycles. The van der Waals surface area contributed by atoms with E-state index in [1.54, 1.807) is 25.2 Å². The van der Waals surface area contributed by atoms with E-state index in [1.807, 2.05) is 11.4 Å². The fourth-order valence-corrected chi connectivity index (χ4v) is 5.78. The molecule has 1 aromatic carbocycles. The molecule has 2 rings (SSSR count). The van der Waals surface area contributed by atoms with Crippen LogP contribution in [0.3, 0.4) is 0 Å². The van der Waals surface area contributed by atoms with Gasteiger partial charge in [0.05, 0.1) is 4.90 Å². The molecule has 0 atom stereocenters. The van der Waals surface area contributed by atoms with Gasteiger partial charge in [0.15, 0.2) is 0 Å². The topological polar surface area (TPSA) is 37.4 Å². The third-order valence-corrected chi connectivity index (χ3v) is 7.55. The summed E-state index contributed by atoms with van der Waals surface area (Å²) in [7, 11) is -1.95. The van der Waals surface area contributed by atoms with Crippen molar-refractivity contribution < 1.29 is 8.42 Å². The highest BCUT2D eigenvalue weighted by atomic mass is 79.9. The van der Waals surface area contributed by atoms with E-state index < -0.39 is 10.0 Å².